The molecule has 1 aromatic heterocycles. The Morgan fingerprint density at radius 1 is 1.29 bits per heavy atom. The topological polar surface area (TPSA) is 53.1 Å². The SMILES string of the molecule is CCn1nc(C)cc1COc1ccc(C)cc1C#CCN. The van der Waals surface area contributed by atoms with E-state index in [-0.39, 0.29) is 0 Å². The molecule has 0 radical (unpaired) electrons. The van der Waals surface area contributed by atoms with Crippen molar-refractivity contribution in [3.63, 3.8) is 0 Å². The fourth-order valence-electron chi connectivity index (χ4n) is 2.15. The highest BCUT2D eigenvalue weighted by molar-refractivity contribution is 5.48. The Labute approximate surface area is 125 Å². The molecule has 0 unspecified atom stereocenters. The molecular formula is C17H21N3O. The highest BCUT2D eigenvalue weighted by atomic mass is 16.5. The van der Waals surface area contributed by atoms with Gasteiger partial charge in [0.2, 0.25) is 0 Å². The number of benzene rings is 1. The summed E-state index contributed by atoms with van der Waals surface area (Å²) in [6.07, 6.45) is 0. The van der Waals surface area contributed by atoms with Gasteiger partial charge in [-0.1, -0.05) is 17.9 Å². The molecular weight excluding hydrogens is 262 g/mol. The van der Waals surface area contributed by atoms with Crippen LogP contribution in [0.4, 0.5) is 0 Å². The van der Waals surface area contributed by atoms with Gasteiger partial charge in [0.15, 0.2) is 0 Å². The number of nitrogens with zero attached hydrogens (tertiary/aromatic N) is 2. The van der Waals surface area contributed by atoms with Gasteiger partial charge in [-0.25, -0.2) is 0 Å². The zero-order valence-electron chi connectivity index (χ0n) is 12.8. The highest BCUT2D eigenvalue weighted by Gasteiger charge is 2.07. The van der Waals surface area contributed by atoms with Crippen LogP contribution < -0.4 is 10.5 Å². The summed E-state index contributed by atoms with van der Waals surface area (Å²) < 4.78 is 7.88. The molecule has 0 bridgehead atoms. The van der Waals surface area contributed by atoms with Gasteiger partial charge < -0.3 is 10.5 Å². The Kier molecular flexibility index (Phi) is 5.02. The monoisotopic (exact) mass is 283 g/mol. The molecule has 0 aliphatic rings. The first kappa shape index (κ1) is 15.1. The Balaban J connectivity index is 2.19. The second kappa shape index (κ2) is 6.96. The van der Waals surface area contributed by atoms with E-state index in [1.54, 1.807) is 0 Å². The van der Waals surface area contributed by atoms with Gasteiger partial charge in [0.1, 0.15) is 12.4 Å². The average Bonchev–Trinajstić information content (AvgIpc) is 2.84. The standard InChI is InChI=1S/C17H21N3O/c1-4-20-16(11-14(3)19-20)12-21-17-8-7-13(2)10-15(17)6-5-9-18/h7-8,10-11H,4,9,12,18H2,1-3H3. The van der Waals surface area contributed by atoms with E-state index < -0.39 is 0 Å². The quantitative estimate of drug-likeness (QED) is 0.877. The maximum atomic E-state index is 5.93. The lowest BCUT2D eigenvalue weighted by molar-refractivity contribution is 0.291. The molecule has 2 aromatic rings. The van der Waals surface area contributed by atoms with Crippen LogP contribution in [-0.2, 0) is 13.2 Å². The molecule has 1 heterocycles. The van der Waals surface area contributed by atoms with Crippen LogP contribution in [0.15, 0.2) is 24.3 Å². The summed E-state index contributed by atoms with van der Waals surface area (Å²) in [5.41, 5.74) is 9.54. The van der Waals surface area contributed by atoms with E-state index in [0.29, 0.717) is 13.2 Å². The van der Waals surface area contributed by atoms with Gasteiger partial charge >= 0.3 is 0 Å². The Morgan fingerprint density at radius 3 is 2.81 bits per heavy atom. The van der Waals surface area contributed by atoms with Crippen molar-refractivity contribution in [1.82, 2.24) is 9.78 Å². The van der Waals surface area contributed by atoms with Gasteiger partial charge in [0, 0.05) is 6.54 Å². The van der Waals surface area contributed by atoms with Crippen molar-refractivity contribution in [1.29, 1.82) is 0 Å². The maximum Gasteiger partial charge on any atom is 0.135 e. The summed E-state index contributed by atoms with van der Waals surface area (Å²) >= 11 is 0. The Bertz CT molecular complexity index is 677. The lowest BCUT2D eigenvalue weighted by Crippen LogP contribution is -2.06. The van der Waals surface area contributed by atoms with Gasteiger partial charge in [0.05, 0.1) is 23.5 Å². The predicted molar refractivity (Wildman–Crippen MR) is 84.1 cm³/mol. The molecule has 0 aliphatic carbocycles. The fourth-order valence-corrected chi connectivity index (χ4v) is 2.15. The van der Waals surface area contributed by atoms with Crippen molar-refractivity contribution in [3.8, 4) is 17.6 Å². The molecule has 4 nitrogen and oxygen atoms in total. The molecule has 2 N–H and O–H groups in total. The minimum atomic E-state index is 0.342. The number of nitrogens with two attached hydrogens (primary N) is 1. The average molecular weight is 283 g/mol. The molecule has 1 aromatic carbocycles. The molecule has 0 spiro atoms. The van der Waals surface area contributed by atoms with Crippen LogP contribution in [0.1, 0.15) is 29.4 Å². The van der Waals surface area contributed by atoms with Crippen LogP contribution in [0.5, 0.6) is 5.75 Å². The van der Waals surface area contributed by atoms with Crippen molar-refractivity contribution < 1.29 is 4.74 Å². The summed E-state index contributed by atoms with van der Waals surface area (Å²) in [7, 11) is 0. The molecule has 0 saturated carbocycles. The van der Waals surface area contributed by atoms with Gasteiger partial charge in [-0.05, 0) is 44.5 Å². The van der Waals surface area contributed by atoms with Crippen LogP contribution >= 0.6 is 0 Å². The predicted octanol–water partition coefficient (Wildman–Crippen LogP) is 2.41. The number of ether oxygens (including phenoxy) is 1. The lowest BCUT2D eigenvalue weighted by Gasteiger charge is -2.10. The lowest BCUT2D eigenvalue weighted by atomic mass is 10.1. The molecule has 0 amide bonds. The van der Waals surface area contributed by atoms with Crippen LogP contribution in [0.25, 0.3) is 0 Å². The zero-order valence-corrected chi connectivity index (χ0v) is 12.8. The third-order valence-corrected chi connectivity index (χ3v) is 3.12. The molecule has 0 fully saturated rings. The highest BCUT2D eigenvalue weighted by Crippen LogP contribution is 2.20. The number of aromatic nitrogens is 2. The summed E-state index contributed by atoms with van der Waals surface area (Å²) in [5, 5.41) is 4.42. The number of hydrogen-bond donors (Lipinski definition) is 1. The van der Waals surface area contributed by atoms with Gasteiger partial charge in [0.25, 0.3) is 0 Å². The van der Waals surface area contributed by atoms with Gasteiger partial charge in [-0.3, -0.25) is 4.68 Å². The molecule has 2 rings (SSSR count). The minimum absolute atomic E-state index is 0.342. The first-order chi connectivity index (χ1) is 10.1. The second-order valence-corrected chi connectivity index (χ2v) is 4.89. The van der Waals surface area contributed by atoms with Crippen LogP contribution in [0, 0.1) is 25.7 Å². The van der Waals surface area contributed by atoms with E-state index in [2.05, 4.69) is 23.9 Å². The van der Waals surface area contributed by atoms with Crippen molar-refractivity contribution in [2.75, 3.05) is 6.54 Å². The normalized spacial score (nSPS) is 10.1. The summed E-state index contributed by atoms with van der Waals surface area (Å²) in [6.45, 7) is 7.75. The molecule has 0 atom stereocenters. The third-order valence-electron chi connectivity index (χ3n) is 3.12. The number of hydrogen-bond acceptors (Lipinski definition) is 3. The van der Waals surface area contributed by atoms with E-state index in [1.807, 2.05) is 42.8 Å². The van der Waals surface area contributed by atoms with Crippen molar-refractivity contribution in [2.45, 2.75) is 33.9 Å². The molecule has 21 heavy (non-hydrogen) atoms. The smallest absolute Gasteiger partial charge is 0.135 e. The van der Waals surface area contributed by atoms with Crippen LogP contribution in [0.3, 0.4) is 0 Å². The number of aryl methyl sites for hydroxylation is 3. The van der Waals surface area contributed by atoms with E-state index in [9.17, 15) is 0 Å². The summed E-state index contributed by atoms with van der Waals surface area (Å²) in [6, 6.07) is 8.03. The van der Waals surface area contributed by atoms with Gasteiger partial charge in [-0.15, -0.1) is 0 Å². The maximum absolute atomic E-state index is 5.93. The molecule has 4 heteroatoms. The minimum Gasteiger partial charge on any atom is -0.486 e. The fraction of sp³-hybridized carbons (Fsp3) is 0.353. The van der Waals surface area contributed by atoms with E-state index in [4.69, 9.17) is 10.5 Å². The molecule has 0 saturated heterocycles. The zero-order chi connectivity index (χ0) is 15.2. The van der Waals surface area contributed by atoms with Crippen molar-refractivity contribution in [3.05, 3.63) is 46.8 Å². The summed E-state index contributed by atoms with van der Waals surface area (Å²) in [4.78, 5) is 0. The second-order valence-electron chi connectivity index (χ2n) is 4.89. The van der Waals surface area contributed by atoms with E-state index in [0.717, 1.165) is 34.8 Å². The van der Waals surface area contributed by atoms with Crippen LogP contribution in [-0.4, -0.2) is 16.3 Å². The Morgan fingerprint density at radius 2 is 2.10 bits per heavy atom. The van der Waals surface area contributed by atoms with Crippen molar-refractivity contribution in [2.24, 2.45) is 5.73 Å². The van der Waals surface area contributed by atoms with E-state index in [1.165, 1.54) is 0 Å². The van der Waals surface area contributed by atoms with Crippen LogP contribution in [0.2, 0.25) is 0 Å². The van der Waals surface area contributed by atoms with Crippen molar-refractivity contribution >= 4 is 0 Å². The van der Waals surface area contributed by atoms with Gasteiger partial charge in [-0.2, -0.15) is 5.10 Å². The number of rotatable bonds is 4. The third kappa shape index (κ3) is 3.87. The first-order valence-electron chi connectivity index (χ1n) is 7.09. The summed E-state index contributed by atoms with van der Waals surface area (Å²) in [5.74, 6) is 6.72. The Hall–Kier alpha value is -2.25. The molecule has 110 valence electrons. The van der Waals surface area contributed by atoms with E-state index >= 15 is 0 Å². The largest absolute Gasteiger partial charge is 0.486 e. The molecule has 0 aliphatic heterocycles. The first-order valence-corrected chi connectivity index (χ1v) is 7.09.